The minimum Gasteiger partial charge on any atom is -0.502 e. The summed E-state index contributed by atoms with van der Waals surface area (Å²) in [5.74, 6) is -3.54. The maximum Gasteiger partial charge on any atom is 0.371 e. The predicted molar refractivity (Wildman–Crippen MR) is 44.7 cm³/mol. The van der Waals surface area contributed by atoms with Gasteiger partial charge in [-0.1, -0.05) is 0 Å². The standard InChI is InChI=1S/C8H6N2O4/c11-5(4-6(12)8(13)14)7-9-2-1-3-10-7/h1-4,12H,(H,13,14). The second-order valence-electron chi connectivity index (χ2n) is 2.27. The molecule has 1 heterocycles. The molecule has 0 aliphatic heterocycles. The fourth-order valence-electron chi connectivity index (χ4n) is 0.677. The highest BCUT2D eigenvalue weighted by atomic mass is 16.4. The van der Waals surface area contributed by atoms with Crippen LogP contribution in [-0.4, -0.2) is 31.9 Å². The Hall–Kier alpha value is -2.24. The molecule has 0 bridgehead atoms. The van der Waals surface area contributed by atoms with Crippen molar-refractivity contribution in [1.82, 2.24) is 9.97 Å². The van der Waals surface area contributed by atoms with Crippen LogP contribution in [0, 0.1) is 0 Å². The fraction of sp³-hybridized carbons (Fsp3) is 0. The third-order valence-electron chi connectivity index (χ3n) is 1.27. The van der Waals surface area contributed by atoms with Crippen LogP contribution in [0.25, 0.3) is 0 Å². The van der Waals surface area contributed by atoms with Gasteiger partial charge in [0.05, 0.1) is 0 Å². The average molecular weight is 194 g/mol. The molecule has 2 N–H and O–H groups in total. The summed E-state index contributed by atoms with van der Waals surface area (Å²) in [6.45, 7) is 0. The Kier molecular flexibility index (Phi) is 2.90. The van der Waals surface area contributed by atoms with Crippen molar-refractivity contribution in [1.29, 1.82) is 0 Å². The van der Waals surface area contributed by atoms with Gasteiger partial charge in [0.1, 0.15) is 0 Å². The van der Waals surface area contributed by atoms with Crippen LogP contribution in [0.3, 0.4) is 0 Å². The maximum absolute atomic E-state index is 11.1. The molecule has 72 valence electrons. The molecule has 1 aromatic rings. The highest BCUT2D eigenvalue weighted by Crippen LogP contribution is 1.95. The monoisotopic (exact) mass is 194 g/mol. The molecule has 6 nitrogen and oxygen atoms in total. The normalized spacial score (nSPS) is 11.0. The number of allylic oxidation sites excluding steroid dienone is 1. The Balaban J connectivity index is 2.88. The highest BCUT2D eigenvalue weighted by Gasteiger charge is 2.10. The van der Waals surface area contributed by atoms with Crippen molar-refractivity contribution in [2.45, 2.75) is 0 Å². The smallest absolute Gasteiger partial charge is 0.371 e. The minimum absolute atomic E-state index is 0.166. The lowest BCUT2D eigenvalue weighted by molar-refractivity contribution is -0.135. The lowest BCUT2D eigenvalue weighted by atomic mass is 10.3. The molecule has 0 saturated carbocycles. The van der Waals surface area contributed by atoms with Crippen molar-refractivity contribution >= 4 is 11.8 Å². The molecule has 1 aromatic heterocycles. The van der Waals surface area contributed by atoms with Crippen molar-refractivity contribution in [2.24, 2.45) is 0 Å². The molecular formula is C8H6N2O4. The molecule has 6 heteroatoms. The molecule has 14 heavy (non-hydrogen) atoms. The van der Waals surface area contributed by atoms with Crippen LogP contribution in [0.15, 0.2) is 30.3 Å². The van der Waals surface area contributed by atoms with Crippen LogP contribution in [0.5, 0.6) is 0 Å². The molecule has 0 radical (unpaired) electrons. The first-order valence-electron chi connectivity index (χ1n) is 3.56. The van der Waals surface area contributed by atoms with E-state index in [2.05, 4.69) is 9.97 Å². The van der Waals surface area contributed by atoms with E-state index < -0.39 is 17.5 Å². The Labute approximate surface area is 78.6 Å². The number of carbonyl (C=O) groups excluding carboxylic acids is 1. The van der Waals surface area contributed by atoms with E-state index in [1.807, 2.05) is 0 Å². The third-order valence-corrected chi connectivity index (χ3v) is 1.27. The number of nitrogens with zero attached hydrogens (tertiary/aromatic N) is 2. The Morgan fingerprint density at radius 3 is 2.29 bits per heavy atom. The van der Waals surface area contributed by atoms with E-state index in [4.69, 9.17) is 10.2 Å². The van der Waals surface area contributed by atoms with Crippen LogP contribution >= 0.6 is 0 Å². The van der Waals surface area contributed by atoms with Gasteiger partial charge in [-0.15, -0.1) is 0 Å². The highest BCUT2D eigenvalue weighted by molar-refractivity contribution is 6.05. The first-order chi connectivity index (χ1) is 6.61. The Morgan fingerprint density at radius 2 is 1.79 bits per heavy atom. The largest absolute Gasteiger partial charge is 0.502 e. The first kappa shape index (κ1) is 9.85. The molecule has 0 fully saturated rings. The summed E-state index contributed by atoms with van der Waals surface area (Å²) in [7, 11) is 0. The van der Waals surface area contributed by atoms with E-state index in [0.717, 1.165) is 0 Å². The van der Waals surface area contributed by atoms with E-state index in [1.165, 1.54) is 18.5 Å². The topological polar surface area (TPSA) is 100 Å². The van der Waals surface area contributed by atoms with Gasteiger partial charge in [0.2, 0.25) is 17.4 Å². The number of carboxylic acids is 1. The second kappa shape index (κ2) is 4.13. The summed E-state index contributed by atoms with van der Waals surface area (Å²) < 4.78 is 0. The number of aliphatic carboxylic acids is 1. The minimum atomic E-state index is -1.57. The lowest BCUT2D eigenvalue weighted by Crippen LogP contribution is -2.06. The summed E-state index contributed by atoms with van der Waals surface area (Å²) in [6.07, 6.45) is 3.23. The number of carboxylic acid groups (broad SMARTS) is 1. The van der Waals surface area contributed by atoms with Crippen LogP contribution in [0.1, 0.15) is 10.6 Å². The molecule has 0 aliphatic rings. The number of hydrogen-bond donors (Lipinski definition) is 2. The Bertz CT molecular complexity index is 386. The van der Waals surface area contributed by atoms with Crippen molar-refractivity contribution < 1.29 is 19.8 Å². The molecule has 0 unspecified atom stereocenters. The zero-order valence-electron chi connectivity index (χ0n) is 6.91. The molecule has 0 saturated heterocycles. The zero-order valence-corrected chi connectivity index (χ0v) is 6.91. The van der Waals surface area contributed by atoms with E-state index in [-0.39, 0.29) is 5.82 Å². The van der Waals surface area contributed by atoms with Gasteiger partial charge in [0.15, 0.2) is 0 Å². The van der Waals surface area contributed by atoms with E-state index in [0.29, 0.717) is 6.08 Å². The molecule has 0 aliphatic carbocycles. The molecule has 0 amide bonds. The summed E-state index contributed by atoms with van der Waals surface area (Å²) >= 11 is 0. The van der Waals surface area contributed by atoms with Crippen LogP contribution in [-0.2, 0) is 4.79 Å². The van der Waals surface area contributed by atoms with Crippen LogP contribution < -0.4 is 0 Å². The van der Waals surface area contributed by atoms with E-state index in [1.54, 1.807) is 0 Å². The van der Waals surface area contributed by atoms with Gasteiger partial charge in [0, 0.05) is 18.5 Å². The summed E-state index contributed by atoms with van der Waals surface area (Å²) in [5.41, 5.74) is 0. The van der Waals surface area contributed by atoms with Gasteiger partial charge in [0.25, 0.3) is 0 Å². The summed E-state index contributed by atoms with van der Waals surface area (Å²) in [5, 5.41) is 17.0. The summed E-state index contributed by atoms with van der Waals surface area (Å²) in [4.78, 5) is 28.5. The van der Waals surface area contributed by atoms with Crippen molar-refractivity contribution in [3.05, 3.63) is 36.1 Å². The van der Waals surface area contributed by atoms with Crippen LogP contribution in [0.2, 0.25) is 0 Å². The molecule has 0 aromatic carbocycles. The van der Waals surface area contributed by atoms with E-state index >= 15 is 0 Å². The van der Waals surface area contributed by atoms with Crippen molar-refractivity contribution in [2.75, 3.05) is 0 Å². The molecule has 1 rings (SSSR count). The van der Waals surface area contributed by atoms with Crippen molar-refractivity contribution in [3.8, 4) is 0 Å². The van der Waals surface area contributed by atoms with Crippen LogP contribution in [0.4, 0.5) is 0 Å². The van der Waals surface area contributed by atoms with Gasteiger partial charge in [-0.2, -0.15) is 0 Å². The molecular weight excluding hydrogens is 188 g/mol. The lowest BCUT2D eigenvalue weighted by Gasteiger charge is -1.92. The third kappa shape index (κ3) is 2.37. The molecule has 0 spiro atoms. The molecule has 0 atom stereocenters. The Morgan fingerprint density at radius 1 is 1.21 bits per heavy atom. The zero-order chi connectivity index (χ0) is 10.6. The predicted octanol–water partition coefficient (Wildman–Crippen LogP) is 0.186. The number of hydrogen-bond acceptors (Lipinski definition) is 5. The number of carbonyl (C=O) groups is 2. The quantitative estimate of drug-likeness (QED) is 0.404. The van der Waals surface area contributed by atoms with Gasteiger partial charge in [-0.3, -0.25) is 4.79 Å². The average Bonchev–Trinajstić information content (AvgIpc) is 2.19. The van der Waals surface area contributed by atoms with Crippen molar-refractivity contribution in [3.63, 3.8) is 0 Å². The SMILES string of the molecule is O=C(O)C(O)=CC(=O)c1ncccn1. The summed E-state index contributed by atoms with van der Waals surface area (Å²) in [6, 6.07) is 1.51. The first-order valence-corrected chi connectivity index (χ1v) is 3.56. The van der Waals surface area contributed by atoms with Gasteiger partial charge in [-0.05, 0) is 6.07 Å². The number of aliphatic hydroxyl groups is 1. The maximum atomic E-state index is 11.1. The number of rotatable bonds is 3. The van der Waals surface area contributed by atoms with E-state index in [9.17, 15) is 9.59 Å². The second-order valence-corrected chi connectivity index (χ2v) is 2.27. The number of ketones is 1. The number of aromatic nitrogens is 2. The number of aliphatic hydroxyl groups excluding tert-OH is 1. The van der Waals surface area contributed by atoms with Gasteiger partial charge < -0.3 is 10.2 Å². The van der Waals surface area contributed by atoms with Gasteiger partial charge in [-0.25, -0.2) is 14.8 Å². The fourth-order valence-corrected chi connectivity index (χ4v) is 0.677. The van der Waals surface area contributed by atoms with Gasteiger partial charge >= 0.3 is 5.97 Å².